The Balaban J connectivity index is 1.71. The summed E-state index contributed by atoms with van der Waals surface area (Å²) in [6.45, 7) is 0. The molecule has 4 aromatic carbocycles. The smallest absolute Gasteiger partial charge is 0.193 e. The van der Waals surface area contributed by atoms with Crippen LogP contribution in [0.5, 0.6) is 11.5 Å². The molecule has 4 aromatic rings. The zero-order chi connectivity index (χ0) is 22.7. The first-order valence-corrected chi connectivity index (χ1v) is 10.1. The molecule has 0 aliphatic heterocycles. The van der Waals surface area contributed by atoms with Crippen molar-refractivity contribution in [1.29, 1.82) is 0 Å². The fourth-order valence-electron chi connectivity index (χ4n) is 3.69. The summed E-state index contributed by atoms with van der Waals surface area (Å²) in [6, 6.07) is 21.0. The Hall–Kier alpha value is -3.99. The standard InChI is InChI=1S/C27H20F2O3/c28-21-5-1-17(2-6-21)13-19-15-23(30)9-11-25(19)27(32)26-12-10-24(31)16-20(26)14-18-3-7-22(29)8-4-18/h1-12,15-16,30-31H,13-14H2. The van der Waals surface area contributed by atoms with E-state index >= 15 is 0 Å². The predicted molar refractivity (Wildman–Crippen MR) is 118 cm³/mol. The quantitative estimate of drug-likeness (QED) is 0.381. The van der Waals surface area contributed by atoms with Crippen LogP contribution in [-0.2, 0) is 12.8 Å². The minimum Gasteiger partial charge on any atom is -0.508 e. The van der Waals surface area contributed by atoms with Crippen LogP contribution in [0.2, 0.25) is 0 Å². The van der Waals surface area contributed by atoms with Gasteiger partial charge in [0.15, 0.2) is 5.78 Å². The highest BCUT2D eigenvalue weighted by Gasteiger charge is 2.19. The average molecular weight is 430 g/mol. The maximum Gasteiger partial charge on any atom is 0.193 e. The molecule has 4 rings (SSSR count). The number of phenols is 2. The molecule has 0 bridgehead atoms. The Labute approximate surface area is 184 Å². The van der Waals surface area contributed by atoms with Gasteiger partial charge in [-0.1, -0.05) is 24.3 Å². The highest BCUT2D eigenvalue weighted by molar-refractivity contribution is 6.11. The summed E-state index contributed by atoms with van der Waals surface area (Å²) in [5, 5.41) is 20.0. The molecule has 2 N–H and O–H groups in total. The summed E-state index contributed by atoms with van der Waals surface area (Å²) < 4.78 is 26.5. The number of benzene rings is 4. The minimum absolute atomic E-state index is 0.0240. The Kier molecular flexibility index (Phi) is 5.99. The van der Waals surface area contributed by atoms with Crippen molar-refractivity contribution in [3.8, 4) is 11.5 Å². The first kappa shape index (κ1) is 21.2. The van der Waals surface area contributed by atoms with Crippen LogP contribution in [0, 0.1) is 11.6 Å². The van der Waals surface area contributed by atoms with E-state index in [2.05, 4.69) is 0 Å². The summed E-state index contributed by atoms with van der Waals surface area (Å²) in [5.74, 6) is -0.919. The van der Waals surface area contributed by atoms with Gasteiger partial charge in [-0.15, -0.1) is 0 Å². The zero-order valence-corrected chi connectivity index (χ0v) is 17.1. The van der Waals surface area contributed by atoms with Crippen LogP contribution < -0.4 is 0 Å². The lowest BCUT2D eigenvalue weighted by Gasteiger charge is -2.14. The normalized spacial score (nSPS) is 10.8. The van der Waals surface area contributed by atoms with Gasteiger partial charge in [-0.3, -0.25) is 4.79 Å². The largest absolute Gasteiger partial charge is 0.508 e. The van der Waals surface area contributed by atoms with E-state index in [0.717, 1.165) is 11.1 Å². The third kappa shape index (κ3) is 4.83. The van der Waals surface area contributed by atoms with Crippen molar-refractivity contribution in [3.05, 3.63) is 130 Å². The van der Waals surface area contributed by atoms with Gasteiger partial charge >= 0.3 is 0 Å². The molecule has 0 fully saturated rings. The highest BCUT2D eigenvalue weighted by atomic mass is 19.1. The molecular weight excluding hydrogens is 410 g/mol. The molecule has 0 aliphatic carbocycles. The van der Waals surface area contributed by atoms with Crippen molar-refractivity contribution in [1.82, 2.24) is 0 Å². The van der Waals surface area contributed by atoms with Gasteiger partial charge in [0.2, 0.25) is 0 Å². The zero-order valence-electron chi connectivity index (χ0n) is 17.1. The molecule has 0 unspecified atom stereocenters. The van der Waals surface area contributed by atoms with Crippen LogP contribution in [0.4, 0.5) is 8.78 Å². The highest BCUT2D eigenvalue weighted by Crippen LogP contribution is 2.27. The Bertz CT molecular complexity index is 1160. The lowest BCUT2D eigenvalue weighted by Crippen LogP contribution is -2.09. The maximum absolute atomic E-state index is 13.5. The molecule has 0 amide bonds. The molecule has 0 saturated heterocycles. The van der Waals surface area contributed by atoms with E-state index in [-0.39, 0.29) is 28.9 Å². The number of ketones is 1. The van der Waals surface area contributed by atoms with Gasteiger partial charge in [0, 0.05) is 11.1 Å². The van der Waals surface area contributed by atoms with Crippen LogP contribution in [0.15, 0.2) is 84.9 Å². The van der Waals surface area contributed by atoms with E-state index in [1.165, 1.54) is 48.5 Å². The van der Waals surface area contributed by atoms with Gasteiger partial charge in [-0.05, 0) is 95.8 Å². The first-order valence-electron chi connectivity index (χ1n) is 10.1. The molecule has 0 aromatic heterocycles. The molecule has 5 heteroatoms. The van der Waals surface area contributed by atoms with Crippen molar-refractivity contribution in [2.75, 3.05) is 0 Å². The molecular formula is C27H20F2O3. The lowest BCUT2D eigenvalue weighted by molar-refractivity contribution is 0.103. The number of hydrogen-bond acceptors (Lipinski definition) is 3. The van der Waals surface area contributed by atoms with E-state index in [9.17, 15) is 23.8 Å². The number of rotatable bonds is 6. The van der Waals surface area contributed by atoms with Crippen LogP contribution in [0.3, 0.4) is 0 Å². The van der Waals surface area contributed by atoms with Crippen molar-refractivity contribution >= 4 is 5.78 Å². The molecule has 0 aliphatic rings. The van der Waals surface area contributed by atoms with E-state index in [1.807, 2.05) is 0 Å². The molecule has 160 valence electrons. The van der Waals surface area contributed by atoms with Gasteiger partial charge in [0.25, 0.3) is 0 Å². The van der Waals surface area contributed by atoms with Crippen molar-refractivity contribution in [3.63, 3.8) is 0 Å². The van der Waals surface area contributed by atoms with Crippen molar-refractivity contribution in [2.24, 2.45) is 0 Å². The molecule has 0 heterocycles. The number of aromatic hydroxyl groups is 2. The van der Waals surface area contributed by atoms with Crippen molar-refractivity contribution < 1.29 is 23.8 Å². The summed E-state index contributed by atoms with van der Waals surface area (Å²) >= 11 is 0. The first-order chi connectivity index (χ1) is 15.4. The summed E-state index contributed by atoms with van der Waals surface area (Å²) in [7, 11) is 0. The number of carbonyl (C=O) groups is 1. The summed E-state index contributed by atoms with van der Waals surface area (Å²) in [6.07, 6.45) is 0.669. The third-order valence-electron chi connectivity index (χ3n) is 5.28. The molecule has 0 saturated carbocycles. The SMILES string of the molecule is O=C(c1ccc(O)cc1Cc1ccc(F)cc1)c1ccc(O)cc1Cc1ccc(F)cc1. The third-order valence-corrected chi connectivity index (χ3v) is 5.28. The monoisotopic (exact) mass is 430 g/mol. The fourth-order valence-corrected chi connectivity index (χ4v) is 3.69. The van der Waals surface area contributed by atoms with E-state index < -0.39 is 0 Å². The number of halogens is 2. The van der Waals surface area contributed by atoms with Crippen LogP contribution in [0.25, 0.3) is 0 Å². The van der Waals surface area contributed by atoms with E-state index in [1.54, 1.807) is 36.4 Å². The summed E-state index contributed by atoms with van der Waals surface area (Å²) in [5.41, 5.74) is 3.59. The molecule has 0 atom stereocenters. The predicted octanol–water partition coefficient (Wildman–Crippen LogP) is 5.79. The Morgan fingerprint density at radius 2 is 0.969 bits per heavy atom. The van der Waals surface area contributed by atoms with Crippen LogP contribution in [-0.4, -0.2) is 16.0 Å². The van der Waals surface area contributed by atoms with Gasteiger partial charge in [0.1, 0.15) is 23.1 Å². The second-order valence-corrected chi connectivity index (χ2v) is 7.62. The van der Waals surface area contributed by atoms with Crippen LogP contribution in [0.1, 0.15) is 38.2 Å². The Morgan fingerprint density at radius 3 is 1.34 bits per heavy atom. The molecule has 0 spiro atoms. The Morgan fingerprint density at radius 1 is 0.594 bits per heavy atom. The van der Waals surface area contributed by atoms with Gasteiger partial charge in [-0.2, -0.15) is 0 Å². The lowest BCUT2D eigenvalue weighted by atomic mass is 9.90. The van der Waals surface area contributed by atoms with Crippen molar-refractivity contribution in [2.45, 2.75) is 12.8 Å². The van der Waals surface area contributed by atoms with E-state index in [4.69, 9.17) is 0 Å². The number of phenolic OH excluding ortho intramolecular Hbond substituents is 2. The number of carbonyl (C=O) groups excluding carboxylic acids is 1. The van der Waals surface area contributed by atoms with Gasteiger partial charge < -0.3 is 10.2 Å². The maximum atomic E-state index is 13.5. The average Bonchev–Trinajstić information content (AvgIpc) is 2.77. The molecule has 32 heavy (non-hydrogen) atoms. The summed E-state index contributed by atoms with van der Waals surface area (Å²) in [4.78, 5) is 13.5. The number of hydrogen-bond donors (Lipinski definition) is 2. The topological polar surface area (TPSA) is 57.5 Å². The molecule has 3 nitrogen and oxygen atoms in total. The minimum atomic E-state index is -0.351. The van der Waals surface area contributed by atoms with E-state index in [0.29, 0.717) is 35.1 Å². The van der Waals surface area contributed by atoms with Crippen LogP contribution >= 0.6 is 0 Å². The van der Waals surface area contributed by atoms with Gasteiger partial charge in [0.05, 0.1) is 0 Å². The fraction of sp³-hybridized carbons (Fsp3) is 0.0741. The molecule has 0 radical (unpaired) electrons. The van der Waals surface area contributed by atoms with Gasteiger partial charge in [-0.25, -0.2) is 8.78 Å². The second-order valence-electron chi connectivity index (χ2n) is 7.62. The second kappa shape index (κ2) is 9.02.